The summed E-state index contributed by atoms with van der Waals surface area (Å²) in [7, 11) is 0. The molecular formula is C15H16N4O4. The molecule has 0 saturated carbocycles. The number of carbonyl (C=O) groups excluding carboxylic acids is 1. The molecule has 0 atom stereocenters. The van der Waals surface area contributed by atoms with Crippen LogP contribution in [0.3, 0.4) is 0 Å². The monoisotopic (exact) mass is 316 g/mol. The van der Waals surface area contributed by atoms with Crippen molar-refractivity contribution in [2.75, 3.05) is 6.54 Å². The van der Waals surface area contributed by atoms with Gasteiger partial charge in [-0.2, -0.15) is 5.10 Å². The number of rotatable bonds is 5. The predicted octanol–water partition coefficient (Wildman–Crippen LogP) is 1.20. The third-order valence-electron chi connectivity index (χ3n) is 3.26. The van der Waals surface area contributed by atoms with E-state index in [1.54, 1.807) is 19.9 Å². The first kappa shape index (κ1) is 16.3. The number of carbonyl (C=O) groups is 1. The zero-order valence-electron chi connectivity index (χ0n) is 12.8. The minimum Gasteiger partial charge on any atom is -0.350 e. The molecule has 1 N–H and O–H groups in total. The van der Waals surface area contributed by atoms with Crippen LogP contribution in [0.5, 0.6) is 0 Å². The molecule has 2 aromatic rings. The van der Waals surface area contributed by atoms with Gasteiger partial charge in [-0.25, -0.2) is 4.68 Å². The van der Waals surface area contributed by atoms with Crippen molar-refractivity contribution in [3.63, 3.8) is 0 Å². The fraction of sp³-hybridized carbons (Fsp3) is 0.267. The molecule has 0 fully saturated rings. The first-order valence-corrected chi connectivity index (χ1v) is 6.96. The van der Waals surface area contributed by atoms with Crippen LogP contribution in [0.15, 0.2) is 35.1 Å². The van der Waals surface area contributed by atoms with E-state index >= 15 is 0 Å². The Morgan fingerprint density at radius 1 is 1.30 bits per heavy atom. The Morgan fingerprint density at radius 3 is 2.70 bits per heavy atom. The molecule has 0 bridgehead atoms. The van der Waals surface area contributed by atoms with Gasteiger partial charge in [0.1, 0.15) is 0 Å². The van der Waals surface area contributed by atoms with Crippen molar-refractivity contribution in [2.45, 2.75) is 20.4 Å². The van der Waals surface area contributed by atoms with Crippen LogP contribution < -0.4 is 10.9 Å². The lowest BCUT2D eigenvalue weighted by Crippen LogP contribution is -2.32. The molecule has 8 nitrogen and oxygen atoms in total. The number of aromatic nitrogens is 2. The number of nitro benzene ring substituents is 1. The molecule has 8 heteroatoms. The number of hydrogen-bond donors (Lipinski definition) is 1. The molecule has 1 aromatic carbocycles. The summed E-state index contributed by atoms with van der Waals surface area (Å²) < 4.78 is 1.27. The van der Waals surface area contributed by atoms with Crippen molar-refractivity contribution >= 4 is 11.6 Å². The van der Waals surface area contributed by atoms with Crippen LogP contribution in [-0.4, -0.2) is 27.2 Å². The molecule has 1 amide bonds. The Bertz CT molecular complexity index is 813. The second-order valence-electron chi connectivity index (χ2n) is 5.05. The average Bonchev–Trinajstić information content (AvgIpc) is 2.50. The van der Waals surface area contributed by atoms with E-state index < -0.39 is 4.92 Å². The van der Waals surface area contributed by atoms with E-state index in [1.165, 1.54) is 28.9 Å². The quantitative estimate of drug-likeness (QED) is 0.659. The second kappa shape index (κ2) is 6.82. The van der Waals surface area contributed by atoms with Gasteiger partial charge in [0, 0.05) is 29.8 Å². The van der Waals surface area contributed by atoms with Crippen molar-refractivity contribution < 1.29 is 9.72 Å². The van der Waals surface area contributed by atoms with E-state index in [0.717, 1.165) is 0 Å². The van der Waals surface area contributed by atoms with Gasteiger partial charge >= 0.3 is 0 Å². The number of nitrogens with one attached hydrogen (secondary N) is 1. The van der Waals surface area contributed by atoms with Crippen LogP contribution in [0, 0.1) is 24.0 Å². The lowest BCUT2D eigenvalue weighted by molar-refractivity contribution is -0.385. The summed E-state index contributed by atoms with van der Waals surface area (Å²) in [6.07, 6.45) is 0. The molecule has 0 aliphatic carbocycles. The van der Waals surface area contributed by atoms with Crippen molar-refractivity contribution in [1.29, 1.82) is 0 Å². The number of amides is 1. The second-order valence-corrected chi connectivity index (χ2v) is 5.05. The maximum atomic E-state index is 12.0. The van der Waals surface area contributed by atoms with Crippen LogP contribution in [-0.2, 0) is 6.54 Å². The largest absolute Gasteiger partial charge is 0.350 e. The smallest absolute Gasteiger partial charge is 0.272 e. The molecule has 120 valence electrons. The molecule has 0 spiro atoms. The third-order valence-corrected chi connectivity index (χ3v) is 3.26. The summed E-state index contributed by atoms with van der Waals surface area (Å²) in [6.45, 7) is 3.82. The number of nitro groups is 1. The Labute approximate surface area is 131 Å². The SMILES string of the molecule is Cc1ccc(=O)n(CCNC(=O)c2ccc([N+](=O)[O-])c(C)c2)n1. The summed E-state index contributed by atoms with van der Waals surface area (Å²) in [4.78, 5) is 33.9. The van der Waals surface area contributed by atoms with Crippen LogP contribution >= 0.6 is 0 Å². The summed E-state index contributed by atoms with van der Waals surface area (Å²) in [5.74, 6) is -0.358. The Kier molecular flexibility index (Phi) is 4.85. The highest BCUT2D eigenvalue weighted by Gasteiger charge is 2.13. The zero-order chi connectivity index (χ0) is 17.0. The summed E-state index contributed by atoms with van der Waals surface area (Å²) >= 11 is 0. The van der Waals surface area contributed by atoms with Gasteiger partial charge in [-0.05, 0) is 32.0 Å². The Hall–Kier alpha value is -3.03. The van der Waals surface area contributed by atoms with E-state index in [4.69, 9.17) is 0 Å². The van der Waals surface area contributed by atoms with Crippen LogP contribution in [0.4, 0.5) is 5.69 Å². The standard InChI is InChI=1S/C15H16N4O4/c1-10-9-12(4-5-13(10)19(22)23)15(21)16-7-8-18-14(20)6-3-11(2)17-18/h3-6,9H,7-8H2,1-2H3,(H,16,21). The minimum atomic E-state index is -0.493. The molecule has 1 aromatic heterocycles. The lowest BCUT2D eigenvalue weighted by atomic mass is 10.1. The summed E-state index contributed by atoms with van der Waals surface area (Å²) in [6, 6.07) is 7.21. The first-order valence-electron chi connectivity index (χ1n) is 6.96. The van der Waals surface area contributed by atoms with Crippen molar-refractivity contribution in [3.05, 3.63) is 67.6 Å². The molecular weight excluding hydrogens is 300 g/mol. The van der Waals surface area contributed by atoms with Crippen molar-refractivity contribution in [3.8, 4) is 0 Å². The van der Waals surface area contributed by atoms with Gasteiger partial charge in [0.2, 0.25) is 0 Å². The highest BCUT2D eigenvalue weighted by molar-refractivity contribution is 5.94. The Balaban J connectivity index is 2.00. The molecule has 0 aliphatic heterocycles. The topological polar surface area (TPSA) is 107 Å². The van der Waals surface area contributed by atoms with Gasteiger partial charge < -0.3 is 5.32 Å². The van der Waals surface area contributed by atoms with Gasteiger partial charge in [0.25, 0.3) is 17.2 Å². The molecule has 23 heavy (non-hydrogen) atoms. The molecule has 0 aliphatic rings. The fourth-order valence-electron chi connectivity index (χ4n) is 2.09. The molecule has 1 heterocycles. The Morgan fingerprint density at radius 2 is 2.04 bits per heavy atom. The van der Waals surface area contributed by atoms with E-state index in [2.05, 4.69) is 10.4 Å². The zero-order valence-corrected chi connectivity index (χ0v) is 12.8. The normalized spacial score (nSPS) is 10.3. The van der Waals surface area contributed by atoms with Crippen molar-refractivity contribution in [2.24, 2.45) is 0 Å². The van der Waals surface area contributed by atoms with Gasteiger partial charge in [0.15, 0.2) is 0 Å². The lowest BCUT2D eigenvalue weighted by Gasteiger charge is -2.08. The average molecular weight is 316 g/mol. The number of hydrogen-bond acceptors (Lipinski definition) is 5. The van der Waals surface area contributed by atoms with Crippen LogP contribution in [0.2, 0.25) is 0 Å². The van der Waals surface area contributed by atoms with Gasteiger partial charge in [-0.3, -0.25) is 19.7 Å². The fourth-order valence-corrected chi connectivity index (χ4v) is 2.09. The summed E-state index contributed by atoms with van der Waals surface area (Å²) in [5, 5.41) is 17.5. The van der Waals surface area contributed by atoms with E-state index in [-0.39, 0.29) is 30.2 Å². The minimum absolute atomic E-state index is 0.0305. The van der Waals surface area contributed by atoms with Crippen molar-refractivity contribution in [1.82, 2.24) is 15.1 Å². The molecule has 0 radical (unpaired) electrons. The van der Waals surface area contributed by atoms with Gasteiger partial charge in [0.05, 0.1) is 17.2 Å². The first-order chi connectivity index (χ1) is 10.9. The van der Waals surface area contributed by atoms with E-state index in [0.29, 0.717) is 16.8 Å². The molecule has 0 unspecified atom stereocenters. The molecule has 0 saturated heterocycles. The van der Waals surface area contributed by atoms with E-state index in [1.807, 2.05) is 0 Å². The maximum Gasteiger partial charge on any atom is 0.272 e. The van der Waals surface area contributed by atoms with Gasteiger partial charge in [-0.1, -0.05) is 0 Å². The summed E-state index contributed by atoms with van der Waals surface area (Å²) in [5.41, 5.74) is 1.19. The number of benzene rings is 1. The highest BCUT2D eigenvalue weighted by Crippen LogP contribution is 2.18. The highest BCUT2D eigenvalue weighted by atomic mass is 16.6. The number of nitrogens with zero attached hydrogens (tertiary/aromatic N) is 3. The third kappa shape index (κ3) is 4.00. The van der Waals surface area contributed by atoms with Gasteiger partial charge in [-0.15, -0.1) is 0 Å². The van der Waals surface area contributed by atoms with Crippen LogP contribution in [0.25, 0.3) is 0 Å². The maximum absolute atomic E-state index is 12.0. The predicted molar refractivity (Wildman–Crippen MR) is 83.4 cm³/mol. The molecule has 2 rings (SSSR count). The number of aryl methyl sites for hydroxylation is 2. The van der Waals surface area contributed by atoms with Crippen LogP contribution in [0.1, 0.15) is 21.6 Å². The van der Waals surface area contributed by atoms with E-state index in [9.17, 15) is 19.7 Å².